The molecule has 1 aromatic carbocycles. The summed E-state index contributed by atoms with van der Waals surface area (Å²) in [5.41, 5.74) is 2.99. The topological polar surface area (TPSA) is 76.5 Å². The minimum atomic E-state index is 0. The maximum absolute atomic E-state index is 9.61. The van der Waals surface area contributed by atoms with Crippen LogP contribution in [0.1, 0.15) is 0 Å². The van der Waals surface area contributed by atoms with Crippen LogP contribution in [-0.4, -0.2) is 0 Å². The van der Waals surface area contributed by atoms with E-state index >= 15 is 0 Å². The first-order chi connectivity index (χ1) is 4.43. The molecule has 0 bridgehead atoms. The van der Waals surface area contributed by atoms with E-state index in [-0.39, 0.29) is 6.15 Å². The third-order valence-corrected chi connectivity index (χ3v) is 0.949. The molecule has 0 heterocycles. The van der Waals surface area contributed by atoms with Crippen LogP contribution in [0, 0.1) is 4.91 Å². The first-order valence-electron chi connectivity index (χ1n) is 2.57. The second-order valence-corrected chi connectivity index (χ2v) is 1.57. The van der Waals surface area contributed by atoms with E-state index in [2.05, 4.69) is 10.7 Å². The monoisotopic (exact) mass is 139 g/mol. The number of nitroso groups, excluding NO2 is 1. The second-order valence-electron chi connectivity index (χ2n) is 1.57. The fourth-order valence-electron chi connectivity index (χ4n) is 0.565. The summed E-state index contributed by atoms with van der Waals surface area (Å²) in [6.45, 7) is 0. The van der Waals surface area contributed by atoms with Crippen molar-refractivity contribution in [1.29, 1.82) is 0 Å². The first-order valence-corrected chi connectivity index (χ1v) is 2.57. The lowest BCUT2D eigenvalue weighted by molar-refractivity contribution is 1.32. The Morgan fingerprint density at radius 1 is 1.20 bits per heavy atom. The smallest absolute Gasteiger partial charge is 0.0594 e. The maximum Gasteiger partial charge on any atom is 0.0594 e. The molecule has 4 heteroatoms. The van der Waals surface area contributed by atoms with Crippen molar-refractivity contribution in [3.8, 4) is 0 Å². The van der Waals surface area contributed by atoms with Crippen LogP contribution in [0.25, 0.3) is 0 Å². The Balaban J connectivity index is 0.000000810. The van der Waals surface area contributed by atoms with Gasteiger partial charge in [0.25, 0.3) is 0 Å². The van der Waals surface area contributed by atoms with E-state index in [1.165, 1.54) is 0 Å². The summed E-state index contributed by atoms with van der Waals surface area (Å²) < 4.78 is 0. The van der Waals surface area contributed by atoms with Gasteiger partial charge < -0.3 is 6.15 Å². The molecule has 0 atom stereocenters. The molecule has 0 aromatic heterocycles. The number of nitrogens with zero attached hydrogens (tertiary/aromatic N) is 1. The van der Waals surface area contributed by atoms with Gasteiger partial charge in [-0.25, -0.2) is 5.43 Å². The minimum absolute atomic E-state index is 0. The van der Waals surface area contributed by atoms with E-state index in [0.29, 0.717) is 5.69 Å². The van der Waals surface area contributed by atoms with Crippen LogP contribution in [0.15, 0.2) is 35.6 Å². The van der Waals surface area contributed by atoms with Gasteiger partial charge in [0.05, 0.1) is 11.0 Å². The van der Waals surface area contributed by atoms with Crippen LogP contribution in [0.4, 0.5) is 5.69 Å². The summed E-state index contributed by atoms with van der Waals surface area (Å²) in [6.07, 6.45) is 0. The van der Waals surface area contributed by atoms with Gasteiger partial charge in [-0.3, -0.25) is 0 Å². The largest absolute Gasteiger partial charge is 0.344 e. The van der Waals surface area contributed by atoms with E-state index in [1.807, 2.05) is 18.2 Å². The molecule has 0 aliphatic rings. The summed E-state index contributed by atoms with van der Waals surface area (Å²) in [5, 5.41) is 2.51. The molecule has 0 saturated carbocycles. The zero-order valence-corrected chi connectivity index (χ0v) is 5.45. The highest BCUT2D eigenvalue weighted by molar-refractivity contribution is 5.41. The molecule has 0 unspecified atom stereocenters. The Kier molecular flexibility index (Phi) is 3.83. The van der Waals surface area contributed by atoms with Gasteiger partial charge in [-0.15, -0.1) is 4.91 Å². The zero-order chi connectivity index (χ0) is 6.53. The van der Waals surface area contributed by atoms with E-state index in [9.17, 15) is 4.91 Å². The van der Waals surface area contributed by atoms with Crippen molar-refractivity contribution >= 4 is 5.69 Å². The number of nitrogens with one attached hydrogen (secondary N) is 1. The molecular formula is C6H9N3O. The number of benzene rings is 1. The molecule has 0 fully saturated rings. The summed E-state index contributed by atoms with van der Waals surface area (Å²) in [5.74, 6) is 0. The Bertz CT molecular complexity index is 187. The molecule has 4 N–H and O–H groups in total. The zero-order valence-electron chi connectivity index (χ0n) is 5.45. The standard InChI is InChI=1S/C6H6N2O.H3N/c9-8-7-6-4-2-1-3-5-6;/h1-5H,(H,7,9);1H3. The van der Waals surface area contributed by atoms with Crippen molar-refractivity contribution in [2.45, 2.75) is 0 Å². The molecule has 10 heavy (non-hydrogen) atoms. The summed E-state index contributed by atoms with van der Waals surface area (Å²) in [6, 6.07) is 9.06. The lowest BCUT2D eigenvalue weighted by Crippen LogP contribution is -1.82. The van der Waals surface area contributed by atoms with Crippen molar-refractivity contribution in [3.05, 3.63) is 35.2 Å². The van der Waals surface area contributed by atoms with Gasteiger partial charge in [-0.05, 0) is 12.1 Å². The van der Waals surface area contributed by atoms with E-state index < -0.39 is 0 Å². The Hall–Kier alpha value is -1.42. The van der Waals surface area contributed by atoms with Crippen molar-refractivity contribution in [2.75, 3.05) is 5.43 Å². The van der Waals surface area contributed by atoms with Crippen LogP contribution in [0.3, 0.4) is 0 Å². The third-order valence-electron chi connectivity index (χ3n) is 0.949. The van der Waals surface area contributed by atoms with Gasteiger partial charge in [0.15, 0.2) is 0 Å². The number of hydrogen-bond donors (Lipinski definition) is 2. The summed E-state index contributed by atoms with van der Waals surface area (Å²) in [7, 11) is 0. The summed E-state index contributed by atoms with van der Waals surface area (Å²) >= 11 is 0. The van der Waals surface area contributed by atoms with Crippen molar-refractivity contribution in [3.63, 3.8) is 0 Å². The van der Waals surface area contributed by atoms with Crippen LogP contribution in [0.5, 0.6) is 0 Å². The number of anilines is 1. The van der Waals surface area contributed by atoms with Gasteiger partial charge in [-0.2, -0.15) is 0 Å². The number of hydrogen-bond acceptors (Lipinski definition) is 3. The second kappa shape index (κ2) is 4.46. The maximum atomic E-state index is 9.61. The third kappa shape index (κ3) is 2.23. The lowest BCUT2D eigenvalue weighted by Gasteiger charge is -1.91. The van der Waals surface area contributed by atoms with Gasteiger partial charge in [0.1, 0.15) is 0 Å². The van der Waals surface area contributed by atoms with Crippen LogP contribution >= 0.6 is 0 Å². The van der Waals surface area contributed by atoms with Crippen molar-refractivity contribution in [1.82, 2.24) is 6.15 Å². The van der Waals surface area contributed by atoms with Gasteiger partial charge >= 0.3 is 0 Å². The molecular weight excluding hydrogens is 130 g/mol. The van der Waals surface area contributed by atoms with Gasteiger partial charge in [-0.1, -0.05) is 18.2 Å². The van der Waals surface area contributed by atoms with E-state index in [0.717, 1.165) is 0 Å². The molecule has 0 saturated heterocycles. The predicted molar refractivity (Wildman–Crippen MR) is 40.9 cm³/mol. The Morgan fingerprint density at radius 2 is 1.80 bits per heavy atom. The molecule has 0 radical (unpaired) electrons. The van der Waals surface area contributed by atoms with E-state index in [1.54, 1.807) is 12.1 Å². The quantitative estimate of drug-likeness (QED) is 0.485. The first kappa shape index (κ1) is 8.58. The van der Waals surface area contributed by atoms with Crippen LogP contribution in [-0.2, 0) is 0 Å². The van der Waals surface area contributed by atoms with E-state index in [4.69, 9.17) is 0 Å². The molecule has 1 rings (SSSR count). The lowest BCUT2D eigenvalue weighted by atomic mass is 10.3. The number of para-hydroxylation sites is 1. The molecule has 0 aliphatic carbocycles. The normalized spacial score (nSPS) is 7.60. The molecule has 1 aromatic rings. The van der Waals surface area contributed by atoms with Gasteiger partial charge in [0.2, 0.25) is 0 Å². The van der Waals surface area contributed by atoms with Gasteiger partial charge in [0, 0.05) is 0 Å². The fraction of sp³-hybridized carbons (Fsp3) is 0. The van der Waals surface area contributed by atoms with Crippen molar-refractivity contribution < 1.29 is 0 Å². The van der Waals surface area contributed by atoms with Crippen LogP contribution in [0.2, 0.25) is 0 Å². The average molecular weight is 139 g/mol. The molecule has 4 nitrogen and oxygen atoms in total. The fourth-order valence-corrected chi connectivity index (χ4v) is 0.565. The molecule has 54 valence electrons. The highest BCUT2D eigenvalue weighted by Crippen LogP contribution is 2.03. The van der Waals surface area contributed by atoms with Crippen molar-refractivity contribution in [2.24, 2.45) is 5.29 Å². The highest BCUT2D eigenvalue weighted by Gasteiger charge is 1.82. The highest BCUT2D eigenvalue weighted by atomic mass is 16.3. The minimum Gasteiger partial charge on any atom is -0.344 e. The molecule has 0 amide bonds. The molecule has 0 spiro atoms. The number of rotatable bonds is 2. The Morgan fingerprint density at radius 3 is 2.30 bits per heavy atom. The Labute approximate surface area is 58.8 Å². The average Bonchev–Trinajstić information content (AvgIpc) is 1.91. The SMILES string of the molecule is N.O=NNc1ccccc1. The predicted octanol–water partition coefficient (Wildman–Crippen LogP) is 1.94. The summed E-state index contributed by atoms with van der Waals surface area (Å²) in [4.78, 5) is 9.61. The van der Waals surface area contributed by atoms with Crippen LogP contribution < -0.4 is 11.6 Å². The molecule has 0 aliphatic heterocycles.